The van der Waals surface area contributed by atoms with E-state index < -0.39 is 16.6 Å². The molecule has 2 heterocycles. The molecule has 0 aliphatic carbocycles. The smallest absolute Gasteiger partial charge is 0.431 e. The Morgan fingerprint density at radius 3 is 2.55 bits per heavy atom. The molecule has 1 atom stereocenters. The highest BCUT2D eigenvalue weighted by atomic mass is 79.9. The van der Waals surface area contributed by atoms with Crippen LogP contribution in [0.4, 0.5) is 10.5 Å². The maximum Gasteiger partial charge on any atom is 0.431 e. The van der Waals surface area contributed by atoms with Crippen LogP contribution in [0.1, 0.15) is 49.9 Å². The number of fused-ring (bicyclic) bond motifs is 2. The van der Waals surface area contributed by atoms with Gasteiger partial charge in [0.2, 0.25) is 6.79 Å². The number of carbonyl (C=O) groups excluding carboxylic acids is 1. The largest absolute Gasteiger partial charge is 0.454 e. The van der Waals surface area contributed by atoms with Gasteiger partial charge in [-0.25, -0.2) is 4.79 Å². The Morgan fingerprint density at radius 2 is 1.91 bits per heavy atom. The Bertz CT molecular complexity index is 1190. The van der Waals surface area contributed by atoms with Crippen LogP contribution >= 0.6 is 15.9 Å². The Kier molecular flexibility index (Phi) is 5.81. The Morgan fingerprint density at radius 1 is 1.24 bits per heavy atom. The van der Waals surface area contributed by atoms with Crippen molar-refractivity contribution < 1.29 is 23.9 Å². The molecule has 10 heteroatoms. The molecule has 0 radical (unpaired) electrons. The molecule has 33 heavy (non-hydrogen) atoms. The maximum atomic E-state index is 13.0. The van der Waals surface area contributed by atoms with Gasteiger partial charge in [0.15, 0.2) is 11.5 Å². The first-order chi connectivity index (χ1) is 15.5. The number of hydrazone groups is 1. The highest BCUT2D eigenvalue weighted by Gasteiger charge is 2.33. The van der Waals surface area contributed by atoms with E-state index in [2.05, 4.69) is 15.9 Å². The van der Waals surface area contributed by atoms with Gasteiger partial charge < -0.3 is 14.2 Å². The summed E-state index contributed by atoms with van der Waals surface area (Å²) in [5, 5.41) is 17.5. The summed E-state index contributed by atoms with van der Waals surface area (Å²) in [4.78, 5) is 24.0. The van der Waals surface area contributed by atoms with Crippen molar-refractivity contribution in [3.05, 3.63) is 61.1 Å². The minimum Gasteiger partial charge on any atom is -0.454 e. The van der Waals surface area contributed by atoms with E-state index in [1.165, 1.54) is 11.1 Å². The monoisotopic (exact) mass is 517 g/mol. The topological polar surface area (TPSA) is 104 Å². The normalized spacial score (nSPS) is 17.2. The van der Waals surface area contributed by atoms with Gasteiger partial charge in [0, 0.05) is 27.2 Å². The molecule has 0 saturated heterocycles. The molecule has 0 N–H and O–H groups in total. The third-order valence-electron chi connectivity index (χ3n) is 5.38. The fourth-order valence-electron chi connectivity index (χ4n) is 3.82. The number of hydrogen-bond donors (Lipinski definition) is 0. The minimum atomic E-state index is -0.695. The van der Waals surface area contributed by atoms with E-state index in [1.807, 2.05) is 19.1 Å². The van der Waals surface area contributed by atoms with Crippen molar-refractivity contribution in [1.29, 1.82) is 0 Å². The summed E-state index contributed by atoms with van der Waals surface area (Å²) < 4.78 is 17.3. The number of carbonyl (C=O) groups is 1. The minimum absolute atomic E-state index is 0.0110. The van der Waals surface area contributed by atoms with Crippen molar-refractivity contribution in [2.24, 2.45) is 5.10 Å². The van der Waals surface area contributed by atoms with Crippen LogP contribution in [-0.4, -0.2) is 40.2 Å². The van der Waals surface area contributed by atoms with Crippen LogP contribution in [0.15, 0.2) is 33.8 Å². The van der Waals surface area contributed by atoms with Crippen LogP contribution in [0.3, 0.4) is 0 Å². The molecule has 9 nitrogen and oxygen atoms in total. The third-order valence-corrected chi connectivity index (χ3v) is 6.41. The number of halogens is 1. The molecule has 174 valence electrons. The summed E-state index contributed by atoms with van der Waals surface area (Å²) in [5.41, 5.74) is 2.51. The zero-order valence-corrected chi connectivity index (χ0v) is 20.6. The predicted octanol–water partition coefficient (Wildman–Crippen LogP) is 5.33. The van der Waals surface area contributed by atoms with Gasteiger partial charge in [0.1, 0.15) is 5.60 Å². The van der Waals surface area contributed by atoms with E-state index in [4.69, 9.17) is 19.3 Å². The number of nitro groups is 1. The molecule has 0 saturated carbocycles. The van der Waals surface area contributed by atoms with E-state index >= 15 is 0 Å². The molecular weight excluding hydrogens is 494 g/mol. The second kappa shape index (κ2) is 8.33. The predicted molar refractivity (Wildman–Crippen MR) is 125 cm³/mol. The SMILES string of the molecule is Cc1c([N+](=O)[O-])ccc(C2=NN(C(=O)OC(C)(C)C)[C@H](C)Cc3cc4c(cc32)OCO4)c1Br. The van der Waals surface area contributed by atoms with Gasteiger partial charge in [-0.15, -0.1) is 0 Å². The van der Waals surface area contributed by atoms with Crippen LogP contribution < -0.4 is 9.47 Å². The molecule has 4 rings (SSSR count). The Hall–Kier alpha value is -3.14. The van der Waals surface area contributed by atoms with Crippen molar-refractivity contribution in [3.63, 3.8) is 0 Å². The van der Waals surface area contributed by atoms with E-state index in [-0.39, 0.29) is 18.5 Å². The summed E-state index contributed by atoms with van der Waals surface area (Å²) in [6, 6.07) is 6.50. The van der Waals surface area contributed by atoms with E-state index in [1.54, 1.807) is 33.8 Å². The maximum absolute atomic E-state index is 13.0. The van der Waals surface area contributed by atoms with Crippen molar-refractivity contribution >= 4 is 33.4 Å². The summed E-state index contributed by atoms with van der Waals surface area (Å²) in [6.07, 6.45) is -0.0722. The lowest BCUT2D eigenvalue weighted by atomic mass is 9.93. The number of hydrogen-bond acceptors (Lipinski definition) is 7. The molecule has 0 bridgehead atoms. The first kappa shape index (κ1) is 23.0. The first-order valence-electron chi connectivity index (χ1n) is 10.4. The highest BCUT2D eigenvalue weighted by molar-refractivity contribution is 9.10. The number of nitrogens with zero attached hydrogens (tertiary/aromatic N) is 3. The van der Waals surface area contributed by atoms with Gasteiger partial charge >= 0.3 is 6.09 Å². The molecule has 0 aromatic heterocycles. The van der Waals surface area contributed by atoms with Crippen LogP contribution in [-0.2, 0) is 11.2 Å². The van der Waals surface area contributed by atoms with Gasteiger partial charge in [-0.05, 0) is 80.7 Å². The van der Waals surface area contributed by atoms with Gasteiger partial charge in [-0.2, -0.15) is 10.1 Å². The van der Waals surface area contributed by atoms with Gasteiger partial charge in [-0.3, -0.25) is 10.1 Å². The first-order valence-corrected chi connectivity index (χ1v) is 11.2. The summed E-state index contributed by atoms with van der Waals surface area (Å²) >= 11 is 3.52. The van der Waals surface area contributed by atoms with Crippen LogP contribution in [0.5, 0.6) is 11.5 Å². The summed E-state index contributed by atoms with van der Waals surface area (Å²) in [7, 11) is 0. The van der Waals surface area contributed by atoms with Crippen LogP contribution in [0, 0.1) is 17.0 Å². The Labute approximate surface area is 199 Å². The van der Waals surface area contributed by atoms with E-state index in [0.717, 1.165) is 11.1 Å². The van der Waals surface area contributed by atoms with Crippen LogP contribution in [0.25, 0.3) is 0 Å². The quantitative estimate of drug-likeness (QED) is 0.394. The number of ether oxygens (including phenoxy) is 3. The second-order valence-corrected chi connectivity index (χ2v) is 9.81. The lowest BCUT2D eigenvalue weighted by molar-refractivity contribution is -0.385. The van der Waals surface area contributed by atoms with Crippen molar-refractivity contribution in [2.45, 2.75) is 52.7 Å². The summed E-state index contributed by atoms with van der Waals surface area (Å²) in [6.45, 7) is 9.07. The Balaban J connectivity index is 1.92. The third kappa shape index (κ3) is 4.39. The van der Waals surface area contributed by atoms with Crippen LogP contribution in [0.2, 0.25) is 0 Å². The number of amides is 1. The molecule has 1 amide bonds. The van der Waals surface area contributed by atoms with E-state index in [0.29, 0.717) is 39.2 Å². The number of rotatable bonds is 2. The average Bonchev–Trinajstić information content (AvgIpc) is 3.10. The molecule has 0 fully saturated rings. The van der Waals surface area contributed by atoms with Crippen molar-refractivity contribution in [2.75, 3.05) is 6.79 Å². The summed E-state index contributed by atoms with van der Waals surface area (Å²) in [5.74, 6) is 1.21. The lowest BCUT2D eigenvalue weighted by Gasteiger charge is -2.27. The average molecular weight is 518 g/mol. The standard InChI is InChI=1S/C23H24BrN3O6/c1-12-8-14-9-18-19(32-11-31-18)10-16(14)21(25-26(12)22(28)33-23(3,4)5)15-6-7-17(27(29)30)13(2)20(15)24/h6-7,9-10,12H,8,11H2,1-5H3/t12-/m1/s1. The molecule has 0 unspecified atom stereocenters. The number of benzene rings is 2. The number of nitro benzene ring substituents is 1. The van der Waals surface area contributed by atoms with E-state index in [9.17, 15) is 14.9 Å². The van der Waals surface area contributed by atoms with Crippen molar-refractivity contribution in [1.82, 2.24) is 5.01 Å². The zero-order valence-electron chi connectivity index (χ0n) is 19.0. The zero-order chi connectivity index (χ0) is 24.1. The van der Waals surface area contributed by atoms with Gasteiger partial charge in [0.25, 0.3) is 5.69 Å². The van der Waals surface area contributed by atoms with Crippen molar-refractivity contribution in [3.8, 4) is 11.5 Å². The molecular formula is C23H24BrN3O6. The van der Waals surface area contributed by atoms with Gasteiger partial charge in [0.05, 0.1) is 16.7 Å². The lowest BCUT2D eigenvalue weighted by Crippen LogP contribution is -2.39. The molecule has 2 aromatic carbocycles. The molecule has 2 aliphatic rings. The molecule has 0 spiro atoms. The molecule has 2 aromatic rings. The highest BCUT2D eigenvalue weighted by Crippen LogP contribution is 2.39. The molecule has 2 aliphatic heterocycles. The van der Waals surface area contributed by atoms with Gasteiger partial charge in [-0.1, -0.05) is 0 Å². The fraction of sp³-hybridized carbons (Fsp3) is 0.391. The second-order valence-electron chi connectivity index (χ2n) is 9.02. The fourth-order valence-corrected chi connectivity index (χ4v) is 4.35.